The zero-order valence-electron chi connectivity index (χ0n) is 8.94. The van der Waals surface area contributed by atoms with Crippen molar-refractivity contribution < 1.29 is 14.6 Å². The first-order chi connectivity index (χ1) is 7.63. The molecule has 0 aliphatic heterocycles. The molecule has 5 heteroatoms. The molecule has 0 saturated carbocycles. The van der Waals surface area contributed by atoms with Crippen molar-refractivity contribution in [1.29, 1.82) is 0 Å². The molecule has 0 amide bonds. The Morgan fingerprint density at radius 3 is 2.69 bits per heavy atom. The third kappa shape index (κ3) is 4.36. The van der Waals surface area contributed by atoms with Gasteiger partial charge in [-0.15, -0.1) is 0 Å². The van der Waals surface area contributed by atoms with Crippen LogP contribution < -0.4 is 5.32 Å². The van der Waals surface area contributed by atoms with Crippen LogP contribution in [0.3, 0.4) is 0 Å². The molecule has 0 aliphatic carbocycles. The summed E-state index contributed by atoms with van der Waals surface area (Å²) in [5, 5.41) is 12.2. The van der Waals surface area contributed by atoms with E-state index < -0.39 is 0 Å². The summed E-state index contributed by atoms with van der Waals surface area (Å²) in [6.45, 7) is 1.23. The molecule has 0 aromatic heterocycles. The van der Waals surface area contributed by atoms with Crippen LogP contribution >= 0.6 is 22.6 Å². The van der Waals surface area contributed by atoms with Gasteiger partial charge in [0.05, 0.1) is 7.11 Å². The van der Waals surface area contributed by atoms with Gasteiger partial charge in [0.15, 0.2) is 0 Å². The Hall–Kier alpha value is -0.820. The lowest BCUT2D eigenvalue weighted by Crippen LogP contribution is -2.29. The van der Waals surface area contributed by atoms with Crippen molar-refractivity contribution in [2.75, 3.05) is 13.7 Å². The molecular weight excluding hydrogens is 321 g/mol. The fraction of sp³-hybridized carbons (Fsp3) is 0.364. The fourth-order valence-electron chi connectivity index (χ4n) is 1.17. The number of hydrogen-bond acceptors (Lipinski definition) is 4. The van der Waals surface area contributed by atoms with Crippen molar-refractivity contribution in [2.24, 2.45) is 0 Å². The molecule has 0 spiro atoms. The molecular formula is C11H14INO3. The molecule has 4 nitrogen and oxygen atoms in total. The lowest BCUT2D eigenvalue weighted by molar-refractivity contribution is -0.139. The van der Waals surface area contributed by atoms with E-state index in [4.69, 9.17) is 5.11 Å². The van der Waals surface area contributed by atoms with Crippen LogP contribution in [0.15, 0.2) is 24.3 Å². The maximum atomic E-state index is 11.1. The van der Waals surface area contributed by atoms with Crippen molar-refractivity contribution in [3.63, 3.8) is 0 Å². The Labute approximate surface area is 108 Å². The van der Waals surface area contributed by atoms with Gasteiger partial charge in [0.25, 0.3) is 0 Å². The van der Waals surface area contributed by atoms with Gasteiger partial charge in [-0.1, -0.05) is 34.7 Å². The van der Waals surface area contributed by atoms with Crippen LogP contribution in [-0.4, -0.2) is 28.7 Å². The van der Waals surface area contributed by atoms with Crippen molar-refractivity contribution >= 4 is 28.6 Å². The normalized spacial score (nSPS) is 12.1. The van der Waals surface area contributed by atoms with E-state index in [2.05, 4.69) is 10.1 Å². The summed E-state index contributed by atoms with van der Waals surface area (Å²) in [5.41, 5.74) is 1.06. The van der Waals surface area contributed by atoms with Gasteiger partial charge >= 0.3 is 5.97 Å². The second kappa shape index (κ2) is 6.70. The van der Waals surface area contributed by atoms with Crippen LogP contribution in [0.4, 0.5) is 0 Å². The van der Waals surface area contributed by atoms with Gasteiger partial charge in [0.1, 0.15) is 9.67 Å². The van der Waals surface area contributed by atoms with E-state index in [0.717, 1.165) is 5.56 Å². The lowest BCUT2D eigenvalue weighted by Gasteiger charge is -2.09. The molecule has 0 bridgehead atoms. The number of rotatable bonds is 5. The molecule has 16 heavy (non-hydrogen) atoms. The second-order valence-electron chi connectivity index (χ2n) is 3.29. The number of ether oxygens (including phenoxy) is 1. The van der Waals surface area contributed by atoms with E-state index in [1.807, 2.05) is 34.7 Å². The van der Waals surface area contributed by atoms with Crippen molar-refractivity contribution in [3.8, 4) is 5.75 Å². The number of halogens is 1. The summed E-state index contributed by atoms with van der Waals surface area (Å²) in [7, 11) is 1.38. The number of nitrogens with one attached hydrogen (secondary N) is 1. The maximum absolute atomic E-state index is 11.1. The van der Waals surface area contributed by atoms with Gasteiger partial charge in [-0.3, -0.25) is 4.79 Å². The Kier molecular flexibility index (Phi) is 5.54. The predicted molar refractivity (Wildman–Crippen MR) is 69.6 cm³/mol. The van der Waals surface area contributed by atoms with Crippen LogP contribution in [0.2, 0.25) is 0 Å². The van der Waals surface area contributed by atoms with Gasteiger partial charge in [-0.25, -0.2) is 0 Å². The summed E-state index contributed by atoms with van der Waals surface area (Å²) in [4.78, 5) is 11.1. The molecule has 1 rings (SSSR count). The first-order valence-corrected chi connectivity index (χ1v) is 6.08. The van der Waals surface area contributed by atoms with Gasteiger partial charge in [0, 0.05) is 13.1 Å². The Bertz CT molecular complexity index is 340. The molecule has 0 radical (unpaired) electrons. The monoisotopic (exact) mass is 335 g/mol. The Morgan fingerprint density at radius 1 is 1.50 bits per heavy atom. The minimum atomic E-state index is -0.223. The van der Waals surface area contributed by atoms with Crippen LogP contribution in [0.5, 0.6) is 5.75 Å². The molecule has 0 saturated heterocycles. The molecule has 0 fully saturated rings. The van der Waals surface area contributed by atoms with E-state index >= 15 is 0 Å². The zero-order chi connectivity index (χ0) is 12.0. The highest BCUT2D eigenvalue weighted by Crippen LogP contribution is 2.09. The van der Waals surface area contributed by atoms with E-state index in [-0.39, 0.29) is 15.6 Å². The number of benzene rings is 1. The minimum Gasteiger partial charge on any atom is -0.508 e. The van der Waals surface area contributed by atoms with Gasteiger partial charge in [-0.05, 0) is 17.7 Å². The molecule has 0 heterocycles. The van der Waals surface area contributed by atoms with Crippen LogP contribution in [0.1, 0.15) is 5.56 Å². The molecule has 1 aromatic rings. The number of hydrogen-bond donors (Lipinski definition) is 2. The SMILES string of the molecule is COC(=O)C(I)CNCc1ccc(O)cc1. The highest BCUT2D eigenvalue weighted by molar-refractivity contribution is 14.1. The van der Waals surface area contributed by atoms with Crippen LogP contribution in [0.25, 0.3) is 0 Å². The Morgan fingerprint density at radius 2 is 2.12 bits per heavy atom. The molecule has 1 aromatic carbocycles. The first-order valence-electron chi connectivity index (χ1n) is 4.84. The predicted octanol–water partition coefficient (Wildman–Crippen LogP) is 1.46. The average molecular weight is 335 g/mol. The van der Waals surface area contributed by atoms with Crippen molar-refractivity contribution in [2.45, 2.75) is 10.5 Å². The van der Waals surface area contributed by atoms with Gasteiger partial charge in [-0.2, -0.15) is 0 Å². The first kappa shape index (κ1) is 13.2. The summed E-state index contributed by atoms with van der Waals surface area (Å²) in [6.07, 6.45) is 0. The average Bonchev–Trinajstić information content (AvgIpc) is 2.30. The third-order valence-corrected chi connectivity index (χ3v) is 2.99. The quantitative estimate of drug-likeness (QED) is 0.486. The summed E-state index contributed by atoms with van der Waals surface area (Å²) >= 11 is 2.04. The topological polar surface area (TPSA) is 58.6 Å². The lowest BCUT2D eigenvalue weighted by atomic mass is 10.2. The number of carbonyl (C=O) groups is 1. The smallest absolute Gasteiger partial charge is 0.319 e. The van der Waals surface area contributed by atoms with Crippen molar-refractivity contribution in [1.82, 2.24) is 5.32 Å². The summed E-state index contributed by atoms with van der Waals surface area (Å²) in [5.74, 6) is 0.0314. The van der Waals surface area contributed by atoms with Crippen LogP contribution in [-0.2, 0) is 16.1 Å². The molecule has 88 valence electrons. The molecule has 1 atom stereocenters. The van der Waals surface area contributed by atoms with E-state index in [1.54, 1.807) is 12.1 Å². The number of carbonyl (C=O) groups excluding carboxylic acids is 1. The van der Waals surface area contributed by atoms with E-state index in [0.29, 0.717) is 13.1 Å². The van der Waals surface area contributed by atoms with E-state index in [1.165, 1.54) is 7.11 Å². The van der Waals surface area contributed by atoms with E-state index in [9.17, 15) is 4.79 Å². The van der Waals surface area contributed by atoms with Gasteiger partial charge in [0.2, 0.25) is 0 Å². The number of phenols is 1. The molecule has 0 aliphatic rings. The largest absolute Gasteiger partial charge is 0.508 e. The maximum Gasteiger partial charge on any atom is 0.319 e. The zero-order valence-corrected chi connectivity index (χ0v) is 11.1. The number of phenolic OH excluding ortho intramolecular Hbond substituents is 1. The summed E-state index contributed by atoms with van der Waals surface area (Å²) < 4.78 is 4.43. The standard InChI is InChI=1S/C11H14INO3/c1-16-11(15)10(12)7-13-6-8-2-4-9(14)5-3-8/h2-5,10,13-14H,6-7H2,1H3. The second-order valence-corrected chi connectivity index (χ2v) is 4.79. The third-order valence-electron chi connectivity index (χ3n) is 2.05. The molecule has 1 unspecified atom stereocenters. The highest BCUT2D eigenvalue weighted by Gasteiger charge is 2.13. The van der Waals surface area contributed by atoms with Gasteiger partial charge < -0.3 is 15.2 Å². The minimum absolute atomic E-state index is 0.181. The number of esters is 1. The van der Waals surface area contributed by atoms with Crippen molar-refractivity contribution in [3.05, 3.63) is 29.8 Å². The number of aromatic hydroxyl groups is 1. The summed E-state index contributed by atoms with van der Waals surface area (Å²) in [6, 6.07) is 6.95. The Balaban J connectivity index is 2.30. The fourth-order valence-corrected chi connectivity index (χ4v) is 1.73. The molecule has 2 N–H and O–H groups in total. The number of alkyl halides is 1. The number of methoxy groups -OCH3 is 1. The highest BCUT2D eigenvalue weighted by atomic mass is 127. The van der Waals surface area contributed by atoms with Crippen LogP contribution in [0, 0.1) is 0 Å².